The topological polar surface area (TPSA) is 102 Å². The number of Topliss-reactive ketones (excluding diaryl/α,β-unsaturated/α-hetero) is 4. The molecule has 0 aromatic heterocycles. The van der Waals surface area contributed by atoms with Gasteiger partial charge in [-0.25, -0.2) is 9.59 Å². The van der Waals surface area contributed by atoms with Crippen molar-refractivity contribution in [3.8, 4) is 0 Å². The molecule has 0 heterocycles. The molecule has 2 unspecified atom stereocenters. The molecule has 6 nitrogen and oxygen atoms in total. The molecule has 6 rings (SSSR count). The second kappa shape index (κ2) is 4.58. The number of carbonyl (C=O) groups excluding carboxylic acids is 6. The molecule has 2 bridgehead atoms. The van der Waals surface area contributed by atoms with Crippen LogP contribution in [0.5, 0.6) is 0 Å². The zero-order valence-corrected chi connectivity index (χ0v) is 13.1. The highest BCUT2D eigenvalue weighted by Crippen LogP contribution is 2.61. The maximum Gasteiger partial charge on any atom is 0.205 e. The minimum Gasteiger partial charge on any atom is -0.288 e. The molecular formula is C20H8O6. The highest BCUT2D eigenvalue weighted by atomic mass is 16.2. The minimum absolute atomic E-state index is 0.103. The van der Waals surface area contributed by atoms with E-state index in [1.54, 1.807) is 12.2 Å². The van der Waals surface area contributed by atoms with E-state index < -0.39 is 46.1 Å². The van der Waals surface area contributed by atoms with Crippen molar-refractivity contribution in [1.29, 1.82) is 0 Å². The van der Waals surface area contributed by atoms with Gasteiger partial charge in [-0.3, -0.25) is 19.2 Å². The summed E-state index contributed by atoms with van der Waals surface area (Å²) >= 11 is 0. The molecule has 0 aromatic carbocycles. The summed E-state index contributed by atoms with van der Waals surface area (Å²) in [6.45, 7) is 0. The third-order valence-corrected chi connectivity index (χ3v) is 5.91. The van der Waals surface area contributed by atoms with Crippen molar-refractivity contribution >= 4 is 35.0 Å². The molecule has 0 saturated heterocycles. The fourth-order valence-electron chi connectivity index (χ4n) is 5.02. The molecule has 0 saturated carbocycles. The quantitative estimate of drug-likeness (QED) is 0.349. The number of hydrogen-bond donors (Lipinski definition) is 0. The molecule has 6 aliphatic carbocycles. The van der Waals surface area contributed by atoms with Crippen LogP contribution in [0.4, 0.5) is 0 Å². The van der Waals surface area contributed by atoms with Gasteiger partial charge in [0.1, 0.15) is 11.9 Å². The van der Waals surface area contributed by atoms with E-state index in [1.165, 1.54) is 11.9 Å². The van der Waals surface area contributed by atoms with Crippen LogP contribution in [-0.4, -0.2) is 35.0 Å². The first-order valence-corrected chi connectivity index (χ1v) is 8.05. The Labute approximate surface area is 145 Å². The van der Waals surface area contributed by atoms with Crippen molar-refractivity contribution in [2.45, 2.75) is 0 Å². The third-order valence-electron chi connectivity index (χ3n) is 5.91. The van der Waals surface area contributed by atoms with Gasteiger partial charge in [-0.2, -0.15) is 0 Å². The van der Waals surface area contributed by atoms with Gasteiger partial charge in [-0.15, -0.1) is 0 Å². The number of rotatable bonds is 0. The van der Waals surface area contributed by atoms with Gasteiger partial charge in [-0.1, -0.05) is 24.3 Å². The smallest absolute Gasteiger partial charge is 0.205 e. The van der Waals surface area contributed by atoms with Crippen molar-refractivity contribution in [1.82, 2.24) is 0 Å². The van der Waals surface area contributed by atoms with E-state index in [9.17, 15) is 28.8 Å². The molecule has 26 heavy (non-hydrogen) atoms. The van der Waals surface area contributed by atoms with E-state index in [4.69, 9.17) is 0 Å². The molecule has 0 aromatic rings. The van der Waals surface area contributed by atoms with Gasteiger partial charge in [0.25, 0.3) is 0 Å². The second-order valence-electron chi connectivity index (χ2n) is 6.81. The highest BCUT2D eigenvalue weighted by Gasteiger charge is 2.63. The van der Waals surface area contributed by atoms with E-state index in [1.807, 2.05) is 12.2 Å². The summed E-state index contributed by atoms with van der Waals surface area (Å²) in [5, 5.41) is 0. The zero-order chi connectivity index (χ0) is 18.3. The number of carbonyl (C=O) groups is 4. The molecule has 2 atom stereocenters. The van der Waals surface area contributed by atoms with Gasteiger partial charge in [0.15, 0.2) is 11.1 Å². The molecular weight excluding hydrogens is 336 g/mol. The predicted molar refractivity (Wildman–Crippen MR) is 84.7 cm³/mol. The Morgan fingerprint density at radius 2 is 0.885 bits per heavy atom. The van der Waals surface area contributed by atoms with Gasteiger partial charge < -0.3 is 0 Å². The van der Waals surface area contributed by atoms with Crippen molar-refractivity contribution in [3.05, 3.63) is 57.7 Å². The first-order chi connectivity index (χ1) is 12.5. The molecule has 6 aliphatic rings. The van der Waals surface area contributed by atoms with Gasteiger partial charge in [0, 0.05) is 34.1 Å². The number of ketones is 4. The lowest BCUT2D eigenvalue weighted by molar-refractivity contribution is -0.116. The number of allylic oxidation sites excluding steroid dienone is 10. The summed E-state index contributed by atoms with van der Waals surface area (Å²) in [5.74, 6) is -2.33. The average Bonchev–Trinajstić information content (AvgIpc) is 3.07. The van der Waals surface area contributed by atoms with Crippen LogP contribution in [0.25, 0.3) is 0 Å². The van der Waals surface area contributed by atoms with Crippen molar-refractivity contribution in [2.75, 3.05) is 0 Å². The number of hydrogen-bond acceptors (Lipinski definition) is 6. The molecule has 6 heteroatoms. The van der Waals surface area contributed by atoms with Gasteiger partial charge in [-0.05, 0) is 11.8 Å². The van der Waals surface area contributed by atoms with Crippen LogP contribution < -0.4 is 0 Å². The summed E-state index contributed by atoms with van der Waals surface area (Å²) < 4.78 is 0. The lowest BCUT2D eigenvalue weighted by Gasteiger charge is -2.47. The molecule has 0 spiro atoms. The van der Waals surface area contributed by atoms with E-state index in [-0.39, 0.29) is 34.1 Å². The molecule has 0 N–H and O–H groups in total. The Balaban J connectivity index is 1.86. The standard InChI is InChI=1S/C20H8O6/c21-5-9-17(23)13-11-7-3-1-2-4-8(7)12(15(13)19(9)25)16-14(11)18(24)10(6-22)20(16)26/h1-4,7-8,11-12H. The maximum atomic E-state index is 12.7. The van der Waals surface area contributed by atoms with E-state index in [0.29, 0.717) is 0 Å². The van der Waals surface area contributed by atoms with E-state index >= 15 is 0 Å². The summed E-state index contributed by atoms with van der Waals surface area (Å²) in [7, 11) is 0. The van der Waals surface area contributed by atoms with Crippen molar-refractivity contribution < 1.29 is 28.8 Å². The third kappa shape index (κ3) is 1.37. The highest BCUT2D eigenvalue weighted by molar-refractivity contribution is 6.47. The fourth-order valence-corrected chi connectivity index (χ4v) is 5.02. The predicted octanol–water partition coefficient (Wildman–Crippen LogP) is 0.0172. The zero-order valence-electron chi connectivity index (χ0n) is 13.1. The van der Waals surface area contributed by atoms with Gasteiger partial charge in [0.2, 0.25) is 23.1 Å². The summed E-state index contributed by atoms with van der Waals surface area (Å²) in [6.07, 6.45) is 7.21. The average molecular weight is 344 g/mol. The lowest BCUT2D eigenvalue weighted by Crippen LogP contribution is -2.44. The largest absolute Gasteiger partial charge is 0.288 e. The molecule has 0 fully saturated rings. The monoisotopic (exact) mass is 344 g/mol. The van der Waals surface area contributed by atoms with Crippen LogP contribution in [0.15, 0.2) is 57.7 Å². The van der Waals surface area contributed by atoms with Crippen LogP contribution in [0.3, 0.4) is 0 Å². The van der Waals surface area contributed by atoms with Crippen molar-refractivity contribution in [3.63, 3.8) is 0 Å². The Bertz CT molecular complexity index is 979. The first-order valence-electron chi connectivity index (χ1n) is 8.05. The van der Waals surface area contributed by atoms with E-state index in [0.717, 1.165) is 0 Å². The Hall–Kier alpha value is -3.46. The maximum absolute atomic E-state index is 12.7. The van der Waals surface area contributed by atoms with Crippen LogP contribution in [0.1, 0.15) is 0 Å². The van der Waals surface area contributed by atoms with Gasteiger partial charge >= 0.3 is 0 Å². The second-order valence-corrected chi connectivity index (χ2v) is 6.81. The molecule has 0 radical (unpaired) electrons. The Kier molecular flexibility index (Phi) is 2.62. The van der Waals surface area contributed by atoms with Crippen LogP contribution in [-0.2, 0) is 28.8 Å². The summed E-state index contributed by atoms with van der Waals surface area (Å²) in [5.41, 5.74) is -0.746. The Morgan fingerprint density at radius 1 is 0.577 bits per heavy atom. The van der Waals surface area contributed by atoms with Crippen LogP contribution in [0, 0.1) is 23.7 Å². The van der Waals surface area contributed by atoms with Gasteiger partial charge in [0.05, 0.1) is 0 Å². The SMILES string of the molecule is O=C=C1C(=O)C2=C(C1=O)C1C3=C(C(=O)C(=C=O)C3=O)C2C2C=CC=CC12. The van der Waals surface area contributed by atoms with Crippen molar-refractivity contribution in [2.24, 2.45) is 23.7 Å². The van der Waals surface area contributed by atoms with E-state index in [2.05, 4.69) is 0 Å². The van der Waals surface area contributed by atoms with Crippen LogP contribution >= 0.6 is 0 Å². The summed E-state index contributed by atoms with van der Waals surface area (Å²) in [4.78, 5) is 72.9. The first kappa shape index (κ1) is 14.8. The normalized spacial score (nSPS) is 33.7. The summed E-state index contributed by atoms with van der Waals surface area (Å²) in [6, 6.07) is 0. The molecule has 0 amide bonds. The van der Waals surface area contributed by atoms with Crippen LogP contribution in [0.2, 0.25) is 0 Å². The minimum atomic E-state index is -0.819. The molecule has 0 aliphatic heterocycles. The lowest BCUT2D eigenvalue weighted by atomic mass is 9.54. The Morgan fingerprint density at radius 3 is 1.15 bits per heavy atom. The molecule has 124 valence electrons. The fraction of sp³-hybridized carbons (Fsp3) is 0.200.